The number of hydrogen-bond acceptors (Lipinski definition) is 3. The zero-order valence-electron chi connectivity index (χ0n) is 5.74. The van der Waals surface area contributed by atoms with Crippen LogP contribution in [0.25, 0.3) is 12.2 Å². The van der Waals surface area contributed by atoms with Crippen molar-refractivity contribution in [3.8, 4) is 0 Å². The Hall–Kier alpha value is -0.960. The second kappa shape index (κ2) is 3.27. The van der Waals surface area contributed by atoms with Gasteiger partial charge in [-0.2, -0.15) is 8.75 Å². The molecule has 0 radical (unpaired) electrons. The molecular weight excluding hydrogens is 144 g/mol. The minimum absolute atomic E-state index is 0.864. The lowest BCUT2D eigenvalue weighted by Gasteiger charge is -1.82. The molecule has 0 aromatic carbocycles. The molecule has 0 amide bonds. The smallest absolute Gasteiger partial charge is 0.104 e. The predicted octanol–water partition coefficient (Wildman–Crippen LogP) is 2.21. The van der Waals surface area contributed by atoms with E-state index in [1.54, 1.807) is 6.08 Å². The maximum absolute atomic E-state index is 4.05. The van der Waals surface area contributed by atoms with Crippen LogP contribution in [0.3, 0.4) is 0 Å². The van der Waals surface area contributed by atoms with E-state index in [1.165, 1.54) is 11.7 Å². The van der Waals surface area contributed by atoms with Crippen LogP contribution in [-0.4, -0.2) is 8.75 Å². The summed E-state index contributed by atoms with van der Waals surface area (Å²) in [7, 11) is 0. The Balaban J connectivity index is 3.00. The van der Waals surface area contributed by atoms with Gasteiger partial charge in [0, 0.05) is 0 Å². The molecule has 0 bridgehead atoms. The van der Waals surface area contributed by atoms with E-state index in [2.05, 4.69) is 15.3 Å². The summed E-state index contributed by atoms with van der Waals surface area (Å²) in [5.41, 5.74) is 1.77. The van der Waals surface area contributed by atoms with Crippen LogP contribution in [0.15, 0.2) is 12.7 Å². The molecule has 0 N–H and O–H groups in total. The van der Waals surface area contributed by atoms with Gasteiger partial charge in [-0.3, -0.25) is 0 Å². The van der Waals surface area contributed by atoms with Gasteiger partial charge < -0.3 is 0 Å². The molecule has 0 spiro atoms. The average molecular weight is 152 g/mol. The van der Waals surface area contributed by atoms with Crippen LogP contribution < -0.4 is 0 Å². The fourth-order valence-corrected chi connectivity index (χ4v) is 1.16. The van der Waals surface area contributed by atoms with E-state index >= 15 is 0 Å². The van der Waals surface area contributed by atoms with Crippen molar-refractivity contribution in [3.63, 3.8) is 0 Å². The summed E-state index contributed by atoms with van der Waals surface area (Å²) in [6.07, 6.45) is 5.56. The van der Waals surface area contributed by atoms with E-state index < -0.39 is 0 Å². The van der Waals surface area contributed by atoms with Gasteiger partial charge in [-0.15, -0.1) is 0 Å². The minimum Gasteiger partial charge on any atom is -0.173 e. The molecule has 0 aliphatic rings. The standard InChI is InChI=1S/C7H8N2S/c1-3-5-7-6(4-2)8-10-9-7/h3-5H,2H2,1H3/b5-3-. The van der Waals surface area contributed by atoms with Crippen LogP contribution in [0.1, 0.15) is 18.3 Å². The first-order valence-electron chi connectivity index (χ1n) is 2.96. The molecule has 0 unspecified atom stereocenters. The Kier molecular flexibility index (Phi) is 2.34. The molecule has 0 aliphatic heterocycles. The number of hydrogen-bond donors (Lipinski definition) is 0. The molecule has 0 fully saturated rings. The molecule has 10 heavy (non-hydrogen) atoms. The molecule has 1 rings (SSSR count). The van der Waals surface area contributed by atoms with Crippen molar-refractivity contribution in [1.82, 2.24) is 8.75 Å². The molecule has 0 saturated heterocycles. The highest BCUT2D eigenvalue weighted by Gasteiger charge is 1.97. The minimum atomic E-state index is 0.864. The fourth-order valence-electron chi connectivity index (χ4n) is 0.617. The third kappa shape index (κ3) is 1.30. The third-order valence-electron chi connectivity index (χ3n) is 1.06. The Morgan fingerprint density at radius 3 is 2.70 bits per heavy atom. The van der Waals surface area contributed by atoms with Gasteiger partial charge in [-0.1, -0.05) is 12.7 Å². The zero-order valence-corrected chi connectivity index (χ0v) is 6.56. The van der Waals surface area contributed by atoms with E-state index in [-0.39, 0.29) is 0 Å². The maximum Gasteiger partial charge on any atom is 0.104 e. The molecule has 0 aliphatic carbocycles. The summed E-state index contributed by atoms with van der Waals surface area (Å²) in [4.78, 5) is 0. The molecule has 1 aromatic rings. The fraction of sp³-hybridized carbons (Fsp3) is 0.143. The van der Waals surface area contributed by atoms with Crippen LogP contribution in [0, 0.1) is 0 Å². The van der Waals surface area contributed by atoms with Crippen LogP contribution in [0.4, 0.5) is 0 Å². The van der Waals surface area contributed by atoms with Crippen LogP contribution in [0.5, 0.6) is 0 Å². The van der Waals surface area contributed by atoms with Crippen molar-refractivity contribution < 1.29 is 0 Å². The second-order valence-corrected chi connectivity index (χ2v) is 2.27. The number of nitrogens with zero attached hydrogens (tertiary/aromatic N) is 2. The van der Waals surface area contributed by atoms with E-state index in [0.717, 1.165) is 11.4 Å². The second-order valence-electron chi connectivity index (χ2n) is 1.74. The van der Waals surface area contributed by atoms with Crippen molar-refractivity contribution in [3.05, 3.63) is 24.0 Å². The summed E-state index contributed by atoms with van der Waals surface area (Å²) in [5.74, 6) is 0. The van der Waals surface area contributed by atoms with Gasteiger partial charge in [0.25, 0.3) is 0 Å². The van der Waals surface area contributed by atoms with Gasteiger partial charge in [0.05, 0.1) is 11.7 Å². The van der Waals surface area contributed by atoms with E-state index in [4.69, 9.17) is 0 Å². The SMILES string of the molecule is C=Cc1nsnc1/C=C\C. The zero-order chi connectivity index (χ0) is 7.40. The molecule has 0 saturated carbocycles. The topological polar surface area (TPSA) is 25.8 Å². The molecule has 52 valence electrons. The number of allylic oxidation sites excluding steroid dienone is 1. The summed E-state index contributed by atoms with van der Waals surface area (Å²) in [5, 5.41) is 0. The average Bonchev–Trinajstić information content (AvgIpc) is 2.36. The normalized spacial score (nSPS) is 10.5. The highest BCUT2D eigenvalue weighted by molar-refractivity contribution is 6.99. The molecule has 1 aromatic heterocycles. The Morgan fingerprint density at radius 2 is 2.10 bits per heavy atom. The van der Waals surface area contributed by atoms with E-state index in [0.29, 0.717) is 0 Å². The largest absolute Gasteiger partial charge is 0.173 e. The monoisotopic (exact) mass is 152 g/mol. The predicted molar refractivity (Wildman–Crippen MR) is 44.7 cm³/mol. The van der Waals surface area contributed by atoms with Crippen LogP contribution in [-0.2, 0) is 0 Å². The van der Waals surface area contributed by atoms with Crippen LogP contribution >= 0.6 is 11.7 Å². The lowest BCUT2D eigenvalue weighted by molar-refractivity contribution is 1.43. The van der Waals surface area contributed by atoms with Crippen molar-refractivity contribution in [2.45, 2.75) is 6.92 Å². The lowest BCUT2D eigenvalue weighted by atomic mass is 10.3. The number of aromatic nitrogens is 2. The molecular formula is C7H8N2S. The van der Waals surface area contributed by atoms with Crippen LogP contribution in [0.2, 0.25) is 0 Å². The maximum atomic E-state index is 4.05. The van der Waals surface area contributed by atoms with Gasteiger partial charge in [-0.05, 0) is 19.1 Å². The van der Waals surface area contributed by atoms with Gasteiger partial charge in [0.2, 0.25) is 0 Å². The summed E-state index contributed by atoms with van der Waals surface area (Å²) >= 11 is 1.21. The van der Waals surface area contributed by atoms with Crippen molar-refractivity contribution >= 4 is 23.9 Å². The first-order valence-corrected chi connectivity index (χ1v) is 3.69. The Bertz CT molecular complexity index is 250. The third-order valence-corrected chi connectivity index (χ3v) is 1.62. The summed E-state index contributed by atoms with van der Waals surface area (Å²) in [6.45, 7) is 5.57. The molecule has 0 atom stereocenters. The first-order chi connectivity index (χ1) is 4.88. The Morgan fingerprint density at radius 1 is 1.40 bits per heavy atom. The van der Waals surface area contributed by atoms with Crippen molar-refractivity contribution in [2.75, 3.05) is 0 Å². The van der Waals surface area contributed by atoms with Gasteiger partial charge >= 0.3 is 0 Å². The summed E-state index contributed by atoms with van der Waals surface area (Å²) in [6, 6.07) is 0. The van der Waals surface area contributed by atoms with Crippen molar-refractivity contribution in [2.24, 2.45) is 0 Å². The highest BCUT2D eigenvalue weighted by Crippen LogP contribution is 2.08. The van der Waals surface area contributed by atoms with E-state index in [9.17, 15) is 0 Å². The molecule has 2 nitrogen and oxygen atoms in total. The first kappa shape index (κ1) is 7.15. The van der Waals surface area contributed by atoms with Gasteiger partial charge in [0.15, 0.2) is 0 Å². The lowest BCUT2D eigenvalue weighted by Crippen LogP contribution is -1.74. The highest BCUT2D eigenvalue weighted by atomic mass is 32.1. The Labute approximate surface area is 64.2 Å². The van der Waals surface area contributed by atoms with Crippen molar-refractivity contribution in [1.29, 1.82) is 0 Å². The number of rotatable bonds is 2. The van der Waals surface area contributed by atoms with Gasteiger partial charge in [0.1, 0.15) is 11.4 Å². The van der Waals surface area contributed by atoms with Gasteiger partial charge in [-0.25, -0.2) is 0 Å². The van der Waals surface area contributed by atoms with E-state index in [1.807, 2.05) is 19.1 Å². The summed E-state index contributed by atoms with van der Waals surface area (Å²) < 4.78 is 8.06. The molecule has 1 heterocycles. The quantitative estimate of drug-likeness (QED) is 0.649. The molecule has 3 heteroatoms.